The summed E-state index contributed by atoms with van der Waals surface area (Å²) in [5, 5.41) is 4.78. The van der Waals surface area contributed by atoms with E-state index in [2.05, 4.69) is 20.4 Å². The highest BCUT2D eigenvalue weighted by atomic mass is 32.2. The molecule has 1 aromatic heterocycles. The van der Waals surface area contributed by atoms with Crippen LogP contribution in [0.2, 0.25) is 0 Å². The molecule has 8 nitrogen and oxygen atoms in total. The first-order valence-corrected chi connectivity index (χ1v) is 10.0. The molecule has 2 aromatic rings. The van der Waals surface area contributed by atoms with Gasteiger partial charge in [0.1, 0.15) is 6.04 Å². The Morgan fingerprint density at radius 3 is 2.46 bits per heavy atom. The number of methoxy groups -OCH3 is 1. The van der Waals surface area contributed by atoms with Crippen molar-refractivity contribution in [3.05, 3.63) is 47.0 Å². The molecule has 0 radical (unpaired) electrons. The van der Waals surface area contributed by atoms with Gasteiger partial charge in [-0.05, 0) is 12.0 Å². The molecule has 0 saturated heterocycles. The maximum Gasteiger partial charge on any atom is 0.434 e. The van der Waals surface area contributed by atoms with E-state index >= 15 is 0 Å². The van der Waals surface area contributed by atoms with Crippen LogP contribution >= 0.6 is 11.3 Å². The average Bonchev–Trinajstić information content (AvgIpc) is 3.09. The summed E-state index contributed by atoms with van der Waals surface area (Å²) in [5.41, 5.74) is -2.55. The highest BCUT2D eigenvalue weighted by Crippen LogP contribution is 2.31. The summed E-state index contributed by atoms with van der Waals surface area (Å²) >= 11 is 0.492. The molecular weight excluding hydrogens is 423 g/mol. The van der Waals surface area contributed by atoms with E-state index in [4.69, 9.17) is 0 Å². The van der Waals surface area contributed by atoms with E-state index in [9.17, 15) is 30.9 Å². The molecule has 0 aliphatic heterocycles. The summed E-state index contributed by atoms with van der Waals surface area (Å²) in [4.78, 5) is 15.3. The average molecular weight is 439 g/mol. The minimum absolute atomic E-state index is 0.00683. The zero-order chi connectivity index (χ0) is 20.9. The van der Waals surface area contributed by atoms with Crippen LogP contribution in [-0.4, -0.2) is 42.6 Å². The first kappa shape index (κ1) is 22.1. The predicted molar refractivity (Wildman–Crippen MR) is 95.2 cm³/mol. The zero-order valence-corrected chi connectivity index (χ0v) is 15.9. The van der Waals surface area contributed by atoms with Gasteiger partial charge < -0.3 is 10.1 Å². The van der Waals surface area contributed by atoms with Crippen molar-refractivity contribution in [2.45, 2.75) is 24.1 Å². The molecular formula is C15H16F3N3O5S2. The largest absolute Gasteiger partial charge is 0.468 e. The molecule has 0 amide bonds. The number of carbonyl (C=O) groups excluding carboxylic acids is 1. The predicted octanol–water partition coefficient (Wildman–Crippen LogP) is 2.12. The summed E-state index contributed by atoms with van der Waals surface area (Å²) in [6, 6.07) is 7.31. The Morgan fingerprint density at radius 2 is 1.96 bits per heavy atom. The van der Waals surface area contributed by atoms with Crippen molar-refractivity contribution >= 4 is 32.6 Å². The van der Waals surface area contributed by atoms with E-state index in [1.165, 1.54) is 0 Å². The lowest BCUT2D eigenvalue weighted by atomic mass is 10.1. The second kappa shape index (κ2) is 8.86. The normalized spacial score (nSPS) is 14.3. The Morgan fingerprint density at radius 1 is 1.32 bits per heavy atom. The van der Waals surface area contributed by atoms with Gasteiger partial charge in [0.2, 0.25) is 5.50 Å². The van der Waals surface area contributed by atoms with Crippen LogP contribution in [0.25, 0.3) is 0 Å². The summed E-state index contributed by atoms with van der Waals surface area (Å²) in [7, 11) is -3.77. The Bertz CT molecular complexity index is 903. The number of aromatic nitrogens is 1. The number of halogens is 3. The molecule has 0 spiro atoms. The van der Waals surface area contributed by atoms with E-state index in [1.54, 1.807) is 30.3 Å². The maximum atomic E-state index is 12.6. The fourth-order valence-corrected chi connectivity index (χ4v) is 3.59. The SMILES string of the molecule is COC(=O)C(Cc1ccccc1)NC(Nc1nc(C(F)(F)F)cs1)S(=O)(=O)O. The lowest BCUT2D eigenvalue weighted by Gasteiger charge is -2.23. The van der Waals surface area contributed by atoms with Gasteiger partial charge in [-0.15, -0.1) is 11.3 Å². The minimum atomic E-state index is -4.86. The summed E-state index contributed by atoms with van der Waals surface area (Å²) in [6.07, 6.45) is -4.70. The molecule has 28 heavy (non-hydrogen) atoms. The van der Waals surface area contributed by atoms with Crippen LogP contribution in [-0.2, 0) is 32.2 Å². The van der Waals surface area contributed by atoms with E-state index < -0.39 is 44.6 Å². The summed E-state index contributed by atoms with van der Waals surface area (Å²) < 4.78 is 75.3. The number of rotatable bonds is 8. The van der Waals surface area contributed by atoms with Gasteiger partial charge >= 0.3 is 12.1 Å². The Labute approximate surface area is 162 Å². The monoisotopic (exact) mass is 439 g/mol. The summed E-state index contributed by atoms with van der Waals surface area (Å²) in [6.45, 7) is 0. The van der Waals surface area contributed by atoms with Gasteiger partial charge in [-0.1, -0.05) is 30.3 Å². The number of hydrogen-bond donors (Lipinski definition) is 3. The fraction of sp³-hybridized carbons (Fsp3) is 0.333. The molecule has 154 valence electrons. The Hall–Kier alpha value is -2.22. The van der Waals surface area contributed by atoms with Gasteiger partial charge in [0.25, 0.3) is 10.1 Å². The molecule has 0 aliphatic carbocycles. The number of alkyl halides is 3. The van der Waals surface area contributed by atoms with E-state index in [0.717, 1.165) is 7.11 Å². The van der Waals surface area contributed by atoms with Crippen LogP contribution in [0, 0.1) is 0 Å². The van der Waals surface area contributed by atoms with Gasteiger partial charge in [0.15, 0.2) is 10.8 Å². The van der Waals surface area contributed by atoms with Crippen LogP contribution in [0.15, 0.2) is 35.7 Å². The van der Waals surface area contributed by atoms with Crippen LogP contribution < -0.4 is 10.6 Å². The second-order valence-electron chi connectivity index (χ2n) is 5.51. The van der Waals surface area contributed by atoms with Crippen molar-refractivity contribution < 1.29 is 35.7 Å². The van der Waals surface area contributed by atoms with Crippen molar-refractivity contribution in [1.82, 2.24) is 10.3 Å². The molecule has 2 atom stereocenters. The second-order valence-corrected chi connectivity index (χ2v) is 7.87. The number of ether oxygens (including phenoxy) is 1. The van der Waals surface area contributed by atoms with Crippen molar-refractivity contribution in [3.63, 3.8) is 0 Å². The van der Waals surface area contributed by atoms with Crippen molar-refractivity contribution in [3.8, 4) is 0 Å². The molecule has 0 fully saturated rings. The number of nitrogens with one attached hydrogen (secondary N) is 2. The highest BCUT2D eigenvalue weighted by Gasteiger charge is 2.35. The zero-order valence-electron chi connectivity index (χ0n) is 14.3. The van der Waals surface area contributed by atoms with Gasteiger partial charge in [0, 0.05) is 5.38 Å². The molecule has 0 aliphatic rings. The topological polar surface area (TPSA) is 118 Å². The lowest BCUT2D eigenvalue weighted by molar-refractivity contribution is -0.143. The van der Waals surface area contributed by atoms with E-state index in [0.29, 0.717) is 22.3 Å². The minimum Gasteiger partial charge on any atom is -0.468 e. The number of nitrogens with zero attached hydrogens (tertiary/aromatic N) is 1. The third-order valence-corrected chi connectivity index (χ3v) is 5.09. The van der Waals surface area contributed by atoms with E-state index in [-0.39, 0.29) is 6.42 Å². The van der Waals surface area contributed by atoms with Crippen LogP contribution in [0.1, 0.15) is 11.3 Å². The van der Waals surface area contributed by atoms with Crippen molar-refractivity contribution in [2.24, 2.45) is 0 Å². The molecule has 0 bridgehead atoms. The Balaban J connectivity index is 2.23. The van der Waals surface area contributed by atoms with Crippen molar-refractivity contribution in [1.29, 1.82) is 0 Å². The fourth-order valence-electron chi connectivity index (χ4n) is 2.17. The molecule has 13 heteroatoms. The third-order valence-electron chi connectivity index (χ3n) is 3.47. The number of hydrogen-bond acceptors (Lipinski definition) is 8. The lowest BCUT2D eigenvalue weighted by Crippen LogP contribution is -2.52. The van der Waals surface area contributed by atoms with Crippen LogP contribution in [0.5, 0.6) is 0 Å². The smallest absolute Gasteiger partial charge is 0.434 e. The first-order chi connectivity index (χ1) is 13.0. The molecule has 1 heterocycles. The van der Waals surface area contributed by atoms with Gasteiger partial charge in [-0.2, -0.15) is 21.6 Å². The van der Waals surface area contributed by atoms with Crippen molar-refractivity contribution in [2.75, 3.05) is 12.4 Å². The first-order valence-electron chi connectivity index (χ1n) is 7.64. The third kappa shape index (κ3) is 6.15. The Kier molecular flexibility index (Phi) is 6.98. The van der Waals surface area contributed by atoms with E-state index in [1.807, 2.05) is 0 Å². The van der Waals surface area contributed by atoms with Gasteiger partial charge in [-0.3, -0.25) is 14.7 Å². The summed E-state index contributed by atoms with van der Waals surface area (Å²) in [5.74, 6) is -0.825. The molecule has 0 saturated carbocycles. The van der Waals surface area contributed by atoms with Gasteiger partial charge in [0.05, 0.1) is 7.11 Å². The number of esters is 1. The van der Waals surface area contributed by atoms with Crippen LogP contribution in [0.3, 0.4) is 0 Å². The number of benzene rings is 1. The molecule has 2 rings (SSSR count). The standard InChI is InChI=1S/C15H16F3N3O5S2/c1-26-12(22)10(7-9-5-3-2-4-6-9)19-14(28(23,24)25)21-13-20-11(8-27-13)15(16,17)18/h2-6,8,10,14,19H,7H2,1H3,(H,20,21)(H,23,24,25). The maximum absolute atomic E-state index is 12.6. The molecule has 2 unspecified atom stereocenters. The molecule has 3 N–H and O–H groups in total. The quantitative estimate of drug-likeness (QED) is 0.325. The number of carbonyl (C=O) groups is 1. The number of thiazole rings is 1. The highest BCUT2D eigenvalue weighted by molar-refractivity contribution is 7.86. The molecule has 1 aromatic carbocycles. The number of anilines is 1. The van der Waals surface area contributed by atoms with Gasteiger partial charge in [-0.25, -0.2) is 4.98 Å². The van der Waals surface area contributed by atoms with Crippen LogP contribution in [0.4, 0.5) is 18.3 Å².